The lowest BCUT2D eigenvalue weighted by atomic mass is 10.1. The largest absolute Gasteiger partial charge is 0.496 e. The van der Waals surface area contributed by atoms with E-state index in [9.17, 15) is 9.59 Å². The van der Waals surface area contributed by atoms with E-state index in [-0.39, 0.29) is 19.1 Å². The first-order chi connectivity index (χ1) is 18.1. The maximum absolute atomic E-state index is 12.2. The van der Waals surface area contributed by atoms with Crippen molar-refractivity contribution in [3.8, 4) is 11.5 Å². The molecular formula is C29H27N3O5. The van der Waals surface area contributed by atoms with Crippen LogP contribution in [0.25, 0.3) is 0 Å². The van der Waals surface area contributed by atoms with Gasteiger partial charge >= 0.3 is 0 Å². The summed E-state index contributed by atoms with van der Waals surface area (Å²) in [5.74, 6) is 2.22. The lowest BCUT2D eigenvalue weighted by molar-refractivity contribution is -0.115. The maximum Gasteiger partial charge on any atom is 0.221 e. The van der Waals surface area contributed by atoms with Gasteiger partial charge in [0.25, 0.3) is 0 Å². The van der Waals surface area contributed by atoms with Gasteiger partial charge < -0.3 is 19.2 Å². The number of furan rings is 1. The fourth-order valence-corrected chi connectivity index (χ4v) is 3.68. The summed E-state index contributed by atoms with van der Waals surface area (Å²) in [5, 5.41) is 2.73. The van der Waals surface area contributed by atoms with Crippen molar-refractivity contribution in [2.24, 2.45) is 4.99 Å². The lowest BCUT2D eigenvalue weighted by Crippen LogP contribution is -2.30. The number of anilines is 1. The Hall–Kier alpha value is -4.85. The van der Waals surface area contributed by atoms with E-state index in [4.69, 9.17) is 18.9 Å². The number of hydrogen-bond acceptors (Lipinski definition) is 6. The summed E-state index contributed by atoms with van der Waals surface area (Å²) >= 11 is 0. The van der Waals surface area contributed by atoms with Crippen LogP contribution in [0.2, 0.25) is 0 Å². The highest BCUT2D eigenvalue weighted by Crippen LogP contribution is 2.25. The van der Waals surface area contributed by atoms with Gasteiger partial charge in [-0.15, -0.1) is 0 Å². The van der Waals surface area contributed by atoms with Crippen molar-refractivity contribution in [1.82, 2.24) is 4.90 Å². The van der Waals surface area contributed by atoms with Gasteiger partial charge in [0.15, 0.2) is 0 Å². The van der Waals surface area contributed by atoms with Crippen LogP contribution in [0, 0.1) is 0 Å². The number of nitrogens with one attached hydrogen (secondary N) is 1. The number of amides is 2. The number of hydrogen-bond donors (Lipinski definition) is 1. The highest BCUT2D eigenvalue weighted by molar-refractivity contribution is 6.05. The molecule has 0 fully saturated rings. The Kier molecular flexibility index (Phi) is 8.33. The molecule has 37 heavy (non-hydrogen) atoms. The predicted octanol–water partition coefficient (Wildman–Crippen LogP) is 5.56. The van der Waals surface area contributed by atoms with Crippen molar-refractivity contribution in [1.29, 1.82) is 0 Å². The Labute approximate surface area is 215 Å². The SMILES string of the molecule is COc1ccc(C(=Nc2ccccc2)N(C=O)Cc2ccco2)cc1COc1ccc(NC(C)=O)cc1. The molecule has 0 aliphatic rings. The molecule has 1 N–H and O–H groups in total. The summed E-state index contributed by atoms with van der Waals surface area (Å²) in [6.07, 6.45) is 2.30. The molecule has 188 valence electrons. The monoisotopic (exact) mass is 497 g/mol. The first kappa shape index (κ1) is 25.2. The molecule has 0 radical (unpaired) electrons. The van der Waals surface area contributed by atoms with Crippen LogP contribution in [0.15, 0.2) is 101 Å². The van der Waals surface area contributed by atoms with E-state index in [1.165, 1.54) is 11.8 Å². The topological polar surface area (TPSA) is 93.4 Å². The minimum absolute atomic E-state index is 0.139. The summed E-state index contributed by atoms with van der Waals surface area (Å²) in [6, 6.07) is 25.7. The molecule has 0 aliphatic heterocycles. The Morgan fingerprint density at radius 2 is 1.81 bits per heavy atom. The molecule has 1 aromatic heterocycles. The highest BCUT2D eigenvalue weighted by Gasteiger charge is 2.18. The standard InChI is InChI=1S/C29H27N3O5/c1-21(34)30-25-11-13-26(14-12-25)37-19-23-17-22(10-15-28(23)35-2)29(31-24-7-4-3-5-8-24)32(20-33)18-27-9-6-16-36-27/h3-17,20H,18-19H2,1-2H3,(H,30,34). The highest BCUT2D eigenvalue weighted by atomic mass is 16.5. The molecule has 0 atom stereocenters. The van der Waals surface area contributed by atoms with Gasteiger partial charge in [0.05, 0.1) is 25.6 Å². The van der Waals surface area contributed by atoms with Crippen LogP contribution in [0.3, 0.4) is 0 Å². The number of aliphatic imine (C=N–C) groups is 1. The molecule has 0 saturated heterocycles. The molecule has 1 heterocycles. The van der Waals surface area contributed by atoms with Gasteiger partial charge in [-0.2, -0.15) is 0 Å². The van der Waals surface area contributed by atoms with E-state index in [1.54, 1.807) is 49.8 Å². The van der Waals surface area contributed by atoms with Crippen molar-refractivity contribution in [2.45, 2.75) is 20.1 Å². The van der Waals surface area contributed by atoms with Gasteiger partial charge in [-0.3, -0.25) is 14.5 Å². The molecule has 0 bridgehead atoms. The average molecular weight is 498 g/mol. The first-order valence-corrected chi connectivity index (χ1v) is 11.6. The fourth-order valence-electron chi connectivity index (χ4n) is 3.68. The molecule has 0 spiro atoms. The Balaban J connectivity index is 1.64. The van der Waals surface area contributed by atoms with Crippen LogP contribution in [0.4, 0.5) is 11.4 Å². The normalized spacial score (nSPS) is 11.0. The smallest absolute Gasteiger partial charge is 0.221 e. The number of benzene rings is 3. The number of amidine groups is 1. The van der Waals surface area contributed by atoms with E-state index in [2.05, 4.69) is 5.32 Å². The van der Waals surface area contributed by atoms with E-state index in [0.717, 1.165) is 12.0 Å². The van der Waals surface area contributed by atoms with Crippen molar-refractivity contribution in [3.63, 3.8) is 0 Å². The zero-order valence-corrected chi connectivity index (χ0v) is 20.6. The van der Waals surface area contributed by atoms with E-state index in [0.29, 0.717) is 40.0 Å². The second-order valence-corrected chi connectivity index (χ2v) is 8.10. The van der Waals surface area contributed by atoms with Gasteiger partial charge in [-0.05, 0) is 66.7 Å². The van der Waals surface area contributed by atoms with Crippen LogP contribution in [-0.2, 0) is 22.7 Å². The molecule has 8 nitrogen and oxygen atoms in total. The predicted molar refractivity (Wildman–Crippen MR) is 141 cm³/mol. The number of carbonyl (C=O) groups is 2. The summed E-state index contributed by atoms with van der Waals surface area (Å²) in [4.78, 5) is 29.7. The zero-order chi connectivity index (χ0) is 26.0. The van der Waals surface area contributed by atoms with Crippen LogP contribution in [-0.4, -0.2) is 30.2 Å². The molecule has 4 aromatic rings. The number of carbonyl (C=O) groups excluding carboxylic acids is 2. The van der Waals surface area contributed by atoms with Gasteiger partial charge in [0.1, 0.15) is 29.7 Å². The molecule has 4 rings (SSSR count). The van der Waals surface area contributed by atoms with E-state index < -0.39 is 0 Å². The van der Waals surface area contributed by atoms with Gasteiger partial charge in [-0.1, -0.05) is 18.2 Å². The summed E-state index contributed by atoms with van der Waals surface area (Å²) in [6.45, 7) is 1.90. The van der Waals surface area contributed by atoms with Crippen LogP contribution in [0.1, 0.15) is 23.8 Å². The van der Waals surface area contributed by atoms with Crippen LogP contribution in [0.5, 0.6) is 11.5 Å². The van der Waals surface area contributed by atoms with Crippen molar-refractivity contribution in [2.75, 3.05) is 12.4 Å². The van der Waals surface area contributed by atoms with Crippen molar-refractivity contribution >= 4 is 29.5 Å². The van der Waals surface area contributed by atoms with E-state index in [1.807, 2.05) is 48.5 Å². The van der Waals surface area contributed by atoms with Crippen LogP contribution >= 0.6 is 0 Å². The molecule has 0 unspecified atom stereocenters. The minimum atomic E-state index is -0.139. The second-order valence-electron chi connectivity index (χ2n) is 8.10. The third kappa shape index (κ3) is 6.85. The molecule has 8 heteroatoms. The zero-order valence-electron chi connectivity index (χ0n) is 20.6. The Morgan fingerprint density at radius 3 is 2.46 bits per heavy atom. The fraction of sp³-hybridized carbons (Fsp3) is 0.138. The summed E-state index contributed by atoms with van der Waals surface area (Å²) in [5.41, 5.74) is 2.88. The molecule has 0 aliphatic carbocycles. The number of ether oxygens (including phenoxy) is 2. The molecule has 3 aromatic carbocycles. The quantitative estimate of drug-likeness (QED) is 0.176. The molecule has 2 amide bonds. The van der Waals surface area contributed by atoms with Gasteiger partial charge in [0, 0.05) is 23.7 Å². The number of nitrogens with zero attached hydrogens (tertiary/aromatic N) is 2. The lowest BCUT2D eigenvalue weighted by Gasteiger charge is -2.20. The Bertz CT molecular complexity index is 1350. The Morgan fingerprint density at radius 1 is 1.03 bits per heavy atom. The van der Waals surface area contributed by atoms with Gasteiger partial charge in [0.2, 0.25) is 12.3 Å². The van der Waals surface area contributed by atoms with Gasteiger partial charge in [-0.25, -0.2) is 4.99 Å². The maximum atomic E-state index is 12.2. The average Bonchev–Trinajstić information content (AvgIpc) is 3.43. The second kappa shape index (κ2) is 12.2. The third-order valence-electron chi connectivity index (χ3n) is 5.40. The minimum Gasteiger partial charge on any atom is -0.496 e. The summed E-state index contributed by atoms with van der Waals surface area (Å²) in [7, 11) is 1.59. The number of methoxy groups -OCH3 is 1. The summed E-state index contributed by atoms with van der Waals surface area (Å²) < 4.78 is 17.0. The first-order valence-electron chi connectivity index (χ1n) is 11.6. The van der Waals surface area contributed by atoms with Crippen LogP contribution < -0.4 is 14.8 Å². The van der Waals surface area contributed by atoms with Crippen molar-refractivity contribution in [3.05, 3.63) is 108 Å². The molecule has 0 saturated carbocycles. The van der Waals surface area contributed by atoms with Crippen molar-refractivity contribution < 1.29 is 23.5 Å². The molecular weight excluding hydrogens is 470 g/mol. The number of rotatable bonds is 10. The third-order valence-corrected chi connectivity index (χ3v) is 5.40. The van der Waals surface area contributed by atoms with E-state index >= 15 is 0 Å². The number of para-hydroxylation sites is 1.